The lowest BCUT2D eigenvalue weighted by atomic mass is 10.1. The minimum Gasteiger partial charge on any atom is -0.282 e. The zero-order valence-corrected chi connectivity index (χ0v) is 15.1. The topological polar surface area (TPSA) is 35.8 Å². The van der Waals surface area contributed by atoms with Crippen molar-refractivity contribution in [2.24, 2.45) is 4.99 Å². The van der Waals surface area contributed by atoms with Crippen LogP contribution in [0, 0.1) is 13.8 Å². The van der Waals surface area contributed by atoms with Crippen molar-refractivity contribution >= 4 is 29.6 Å². The molecule has 3 aromatic carbocycles. The van der Waals surface area contributed by atoms with Crippen molar-refractivity contribution in [1.82, 2.24) is 0 Å². The molecule has 0 unspecified atom stereocenters. The van der Waals surface area contributed by atoms with E-state index in [2.05, 4.69) is 0 Å². The van der Waals surface area contributed by atoms with Crippen molar-refractivity contribution in [1.29, 1.82) is 0 Å². The summed E-state index contributed by atoms with van der Waals surface area (Å²) in [6.45, 7) is 4.05. The van der Waals surface area contributed by atoms with Crippen LogP contribution in [0.25, 0.3) is 0 Å². The Morgan fingerprint density at radius 2 is 1.28 bits per heavy atom. The number of rotatable bonds is 3. The van der Waals surface area contributed by atoms with Gasteiger partial charge in [-0.1, -0.05) is 66.7 Å². The van der Waals surface area contributed by atoms with Crippen LogP contribution < -0.4 is 5.06 Å². The first-order valence-corrected chi connectivity index (χ1v) is 7.91. The zero-order valence-electron chi connectivity index (χ0n) is 14.3. The Balaban J connectivity index is 0.00000225. The number of anilines is 1. The molecule has 0 spiro atoms. The van der Waals surface area contributed by atoms with Crippen LogP contribution in [0.5, 0.6) is 0 Å². The zero-order chi connectivity index (χ0) is 16.9. The number of hydrogen-bond donors (Lipinski definition) is 1. The van der Waals surface area contributed by atoms with Gasteiger partial charge in [-0.3, -0.25) is 5.21 Å². The highest BCUT2D eigenvalue weighted by Crippen LogP contribution is 2.26. The van der Waals surface area contributed by atoms with Crippen molar-refractivity contribution in [2.45, 2.75) is 13.8 Å². The van der Waals surface area contributed by atoms with Gasteiger partial charge in [0, 0.05) is 5.56 Å². The first-order chi connectivity index (χ1) is 11.7. The molecule has 0 aromatic heterocycles. The maximum absolute atomic E-state index is 10.8. The van der Waals surface area contributed by atoms with E-state index in [1.165, 1.54) is 0 Å². The number of halogens is 1. The predicted molar refractivity (Wildman–Crippen MR) is 107 cm³/mol. The lowest BCUT2D eigenvalue weighted by molar-refractivity contribution is 0.313. The molecule has 0 radical (unpaired) electrons. The van der Waals surface area contributed by atoms with Gasteiger partial charge in [0.05, 0.1) is 11.4 Å². The maximum Gasteiger partial charge on any atom is 0.165 e. The van der Waals surface area contributed by atoms with Gasteiger partial charge < -0.3 is 0 Å². The lowest BCUT2D eigenvalue weighted by Gasteiger charge is -2.20. The minimum absolute atomic E-state index is 0. The van der Waals surface area contributed by atoms with E-state index in [0.717, 1.165) is 27.4 Å². The van der Waals surface area contributed by atoms with Gasteiger partial charge in [0.25, 0.3) is 0 Å². The van der Waals surface area contributed by atoms with Crippen molar-refractivity contribution < 1.29 is 5.21 Å². The SMILES string of the molecule is Cc1cccc(C)c1N=C(c1ccccc1)N(O)c1ccccc1.Cl. The van der Waals surface area contributed by atoms with Crippen LogP contribution >= 0.6 is 12.4 Å². The molecule has 3 aromatic rings. The number of benzene rings is 3. The Kier molecular flexibility index (Phi) is 6.34. The molecule has 0 heterocycles. The molecule has 0 aliphatic heterocycles. The molecule has 1 N–H and O–H groups in total. The average molecular weight is 353 g/mol. The standard InChI is InChI=1S/C21H20N2O.ClH/c1-16-10-9-11-17(2)20(16)22-21(18-12-5-3-6-13-18)23(24)19-14-7-4-8-15-19;/h3-15,24H,1-2H3;1H. The first-order valence-electron chi connectivity index (χ1n) is 7.91. The van der Waals surface area contributed by atoms with E-state index in [9.17, 15) is 5.21 Å². The fraction of sp³-hybridized carbons (Fsp3) is 0.0952. The summed E-state index contributed by atoms with van der Waals surface area (Å²) in [5, 5.41) is 11.9. The van der Waals surface area contributed by atoms with Gasteiger partial charge in [-0.15, -0.1) is 12.4 Å². The van der Waals surface area contributed by atoms with Crippen molar-refractivity contribution in [3.05, 3.63) is 95.6 Å². The fourth-order valence-electron chi connectivity index (χ4n) is 2.60. The van der Waals surface area contributed by atoms with Gasteiger partial charge >= 0.3 is 0 Å². The third-order valence-corrected chi connectivity index (χ3v) is 3.89. The molecular formula is C21H21ClN2O. The van der Waals surface area contributed by atoms with Gasteiger partial charge in [0.15, 0.2) is 5.84 Å². The summed E-state index contributed by atoms with van der Waals surface area (Å²) < 4.78 is 0. The van der Waals surface area contributed by atoms with Crippen molar-refractivity contribution in [2.75, 3.05) is 5.06 Å². The Morgan fingerprint density at radius 3 is 1.84 bits per heavy atom. The molecule has 0 bridgehead atoms. The van der Waals surface area contributed by atoms with Crippen LogP contribution in [0.2, 0.25) is 0 Å². The molecule has 0 amide bonds. The molecule has 25 heavy (non-hydrogen) atoms. The molecule has 0 aliphatic rings. The highest BCUT2D eigenvalue weighted by molar-refractivity contribution is 6.09. The number of hydroxylamine groups is 1. The van der Waals surface area contributed by atoms with Gasteiger partial charge in [-0.05, 0) is 37.1 Å². The van der Waals surface area contributed by atoms with E-state index in [1.807, 2.05) is 92.7 Å². The molecule has 0 fully saturated rings. The Hall–Kier alpha value is -2.62. The maximum atomic E-state index is 10.8. The molecule has 4 heteroatoms. The van der Waals surface area contributed by atoms with Crippen LogP contribution in [-0.2, 0) is 0 Å². The number of aryl methyl sites for hydroxylation is 2. The van der Waals surface area contributed by atoms with Crippen LogP contribution in [0.15, 0.2) is 83.9 Å². The number of hydrogen-bond acceptors (Lipinski definition) is 2. The molecule has 3 rings (SSSR count). The number of aliphatic imine (C=N–C) groups is 1. The fourth-order valence-corrected chi connectivity index (χ4v) is 2.60. The summed E-state index contributed by atoms with van der Waals surface area (Å²) in [5.41, 5.74) is 4.55. The summed E-state index contributed by atoms with van der Waals surface area (Å²) in [6.07, 6.45) is 0. The van der Waals surface area contributed by atoms with Crippen molar-refractivity contribution in [3.63, 3.8) is 0 Å². The smallest absolute Gasteiger partial charge is 0.165 e. The second-order valence-corrected chi connectivity index (χ2v) is 5.69. The molecular weight excluding hydrogens is 332 g/mol. The van der Waals surface area contributed by atoms with Crippen LogP contribution in [-0.4, -0.2) is 11.0 Å². The van der Waals surface area contributed by atoms with Crippen molar-refractivity contribution in [3.8, 4) is 0 Å². The second-order valence-electron chi connectivity index (χ2n) is 5.69. The van der Waals surface area contributed by atoms with Crippen LogP contribution in [0.4, 0.5) is 11.4 Å². The van der Waals surface area contributed by atoms with Gasteiger partial charge in [-0.2, -0.15) is 0 Å². The summed E-state index contributed by atoms with van der Waals surface area (Å²) in [5.74, 6) is 0.499. The molecule has 0 saturated carbocycles. The summed E-state index contributed by atoms with van der Waals surface area (Å²) in [7, 11) is 0. The van der Waals surface area contributed by atoms with E-state index < -0.39 is 0 Å². The summed E-state index contributed by atoms with van der Waals surface area (Å²) in [6, 6.07) is 25.2. The first kappa shape index (κ1) is 18.7. The van der Waals surface area contributed by atoms with Gasteiger partial charge in [0.1, 0.15) is 0 Å². The molecule has 3 nitrogen and oxygen atoms in total. The molecule has 0 atom stereocenters. The molecule has 0 saturated heterocycles. The predicted octanol–water partition coefficient (Wildman–Crippen LogP) is 5.70. The second kappa shape index (κ2) is 8.47. The minimum atomic E-state index is 0. The Labute approximate surface area is 154 Å². The number of amidine groups is 1. The number of nitrogens with zero attached hydrogens (tertiary/aromatic N) is 2. The third-order valence-electron chi connectivity index (χ3n) is 3.89. The lowest BCUT2D eigenvalue weighted by Crippen LogP contribution is -2.28. The van der Waals surface area contributed by atoms with Gasteiger partial charge in [-0.25, -0.2) is 10.1 Å². The van der Waals surface area contributed by atoms with Gasteiger partial charge in [0.2, 0.25) is 0 Å². The largest absolute Gasteiger partial charge is 0.282 e. The Morgan fingerprint density at radius 1 is 0.760 bits per heavy atom. The van der Waals surface area contributed by atoms with E-state index in [1.54, 1.807) is 0 Å². The van der Waals surface area contributed by atoms with E-state index in [-0.39, 0.29) is 12.4 Å². The van der Waals surface area contributed by atoms with Crippen LogP contribution in [0.1, 0.15) is 16.7 Å². The highest BCUT2D eigenvalue weighted by Gasteiger charge is 2.15. The Bertz CT molecular complexity index is 828. The quantitative estimate of drug-likeness (QED) is 0.373. The number of para-hydroxylation sites is 2. The molecule has 0 aliphatic carbocycles. The normalized spacial score (nSPS) is 10.9. The van der Waals surface area contributed by atoms with E-state index >= 15 is 0 Å². The average Bonchev–Trinajstić information content (AvgIpc) is 2.62. The highest BCUT2D eigenvalue weighted by atomic mass is 35.5. The third kappa shape index (κ3) is 4.27. The summed E-state index contributed by atoms with van der Waals surface area (Å²) >= 11 is 0. The summed E-state index contributed by atoms with van der Waals surface area (Å²) in [4.78, 5) is 4.80. The molecule has 128 valence electrons. The monoisotopic (exact) mass is 352 g/mol. The van der Waals surface area contributed by atoms with E-state index in [4.69, 9.17) is 4.99 Å². The van der Waals surface area contributed by atoms with Crippen LogP contribution in [0.3, 0.4) is 0 Å². The van der Waals surface area contributed by atoms with E-state index in [0.29, 0.717) is 11.5 Å².